The van der Waals surface area contributed by atoms with E-state index >= 15 is 0 Å². The Kier molecular flexibility index (Phi) is 6.24. The minimum atomic E-state index is -2.89. The molecule has 0 aliphatic carbocycles. The van der Waals surface area contributed by atoms with Gasteiger partial charge in [0.15, 0.2) is 11.6 Å². The number of nitrogens with zero attached hydrogens (tertiary/aromatic N) is 5. The van der Waals surface area contributed by atoms with Crippen molar-refractivity contribution in [2.45, 2.75) is 39.0 Å². The summed E-state index contributed by atoms with van der Waals surface area (Å²) in [5, 5.41) is 9.85. The molecule has 38 heavy (non-hydrogen) atoms. The van der Waals surface area contributed by atoms with Crippen LogP contribution in [0.1, 0.15) is 39.4 Å². The van der Waals surface area contributed by atoms with Crippen LogP contribution in [0.3, 0.4) is 0 Å². The normalized spacial score (nSPS) is 14.5. The average molecular weight is 544 g/mol. The van der Waals surface area contributed by atoms with Crippen molar-refractivity contribution < 1.29 is 26.1 Å². The standard InChI is InChI=1S/C26H22ClF2N5O4/c1-26(2,36)25-30-5-3-18(33-25)19-9-21-14(10-31-19)4-6-37-12-16-8-22(23(27)24(35)34(16)21)38-13-20-17(29)7-15(28)11-32-20/h3,5,7-11,36H,4,6,12-13H2,1-2H3/i13D2. The molecule has 5 heterocycles. The van der Waals surface area contributed by atoms with Gasteiger partial charge in [-0.15, -0.1) is 0 Å². The lowest BCUT2D eigenvalue weighted by molar-refractivity contribution is 0.0688. The first-order chi connectivity index (χ1) is 18.8. The van der Waals surface area contributed by atoms with E-state index in [9.17, 15) is 18.7 Å². The van der Waals surface area contributed by atoms with Gasteiger partial charge in [0.25, 0.3) is 5.56 Å². The van der Waals surface area contributed by atoms with E-state index in [0.717, 1.165) is 0 Å². The van der Waals surface area contributed by atoms with Crippen LogP contribution in [0.5, 0.6) is 5.75 Å². The van der Waals surface area contributed by atoms with Gasteiger partial charge >= 0.3 is 0 Å². The lowest BCUT2D eigenvalue weighted by atomic mass is 10.1. The Morgan fingerprint density at radius 3 is 2.79 bits per heavy atom. The van der Waals surface area contributed by atoms with Crippen molar-refractivity contribution in [1.29, 1.82) is 0 Å². The molecule has 0 atom stereocenters. The van der Waals surface area contributed by atoms with Crippen LogP contribution in [0.4, 0.5) is 8.78 Å². The number of rotatable bonds is 5. The summed E-state index contributed by atoms with van der Waals surface area (Å²) in [6.45, 7) is 0.460. The quantitative estimate of drug-likeness (QED) is 0.403. The second-order valence-electron chi connectivity index (χ2n) is 8.97. The molecule has 196 valence electrons. The minimum absolute atomic E-state index is 0.0532. The van der Waals surface area contributed by atoms with Crippen molar-refractivity contribution in [3.8, 4) is 22.8 Å². The molecule has 9 nitrogen and oxygen atoms in total. The summed E-state index contributed by atoms with van der Waals surface area (Å²) in [5.74, 6) is -2.44. The van der Waals surface area contributed by atoms with E-state index in [1.807, 2.05) is 0 Å². The van der Waals surface area contributed by atoms with Gasteiger partial charge in [0.1, 0.15) is 34.4 Å². The summed E-state index contributed by atoms with van der Waals surface area (Å²) in [6, 6.07) is 5.05. The van der Waals surface area contributed by atoms with Crippen molar-refractivity contribution in [3.63, 3.8) is 0 Å². The zero-order valence-electron chi connectivity index (χ0n) is 22.2. The Morgan fingerprint density at radius 2 is 2.03 bits per heavy atom. The first-order valence-corrected chi connectivity index (χ1v) is 11.8. The number of halogens is 3. The van der Waals surface area contributed by atoms with Crippen LogP contribution in [-0.2, 0) is 29.9 Å². The number of hydrogen-bond donors (Lipinski definition) is 1. The number of aliphatic hydroxyl groups is 1. The number of ether oxygens (including phenoxy) is 2. The van der Waals surface area contributed by atoms with E-state index in [0.29, 0.717) is 47.9 Å². The number of hydrogen-bond acceptors (Lipinski definition) is 8. The van der Waals surface area contributed by atoms with Crippen molar-refractivity contribution in [2.24, 2.45) is 0 Å². The summed E-state index contributed by atoms with van der Waals surface area (Å²) in [7, 11) is 0. The molecule has 0 bridgehead atoms. The molecule has 0 saturated heterocycles. The highest BCUT2D eigenvalue weighted by atomic mass is 35.5. The molecule has 4 aromatic heterocycles. The smallest absolute Gasteiger partial charge is 0.277 e. The predicted molar refractivity (Wildman–Crippen MR) is 133 cm³/mol. The molecule has 1 aliphatic rings. The molecule has 4 aromatic rings. The average Bonchev–Trinajstić information content (AvgIpc) is 2.87. The van der Waals surface area contributed by atoms with Crippen LogP contribution >= 0.6 is 11.6 Å². The highest BCUT2D eigenvalue weighted by Crippen LogP contribution is 2.29. The van der Waals surface area contributed by atoms with Crippen molar-refractivity contribution in [2.75, 3.05) is 6.61 Å². The number of aromatic nitrogens is 5. The lowest BCUT2D eigenvalue weighted by Gasteiger charge is -2.22. The fourth-order valence-electron chi connectivity index (χ4n) is 3.82. The number of pyridine rings is 3. The third-order valence-corrected chi connectivity index (χ3v) is 6.04. The maximum atomic E-state index is 14.3. The van der Waals surface area contributed by atoms with Gasteiger partial charge in [-0.05, 0) is 38.0 Å². The molecule has 1 N–H and O–H groups in total. The topological polar surface area (TPSA) is 112 Å². The summed E-state index contributed by atoms with van der Waals surface area (Å²) in [4.78, 5) is 30.1. The van der Waals surface area contributed by atoms with Gasteiger partial charge in [0.2, 0.25) is 0 Å². The molecule has 0 fully saturated rings. The van der Waals surface area contributed by atoms with Crippen LogP contribution in [0, 0.1) is 11.6 Å². The van der Waals surface area contributed by atoms with Crippen molar-refractivity contribution in [3.05, 3.63) is 92.6 Å². The van der Waals surface area contributed by atoms with E-state index in [2.05, 4.69) is 19.9 Å². The molecule has 0 saturated carbocycles. The molecule has 1 aliphatic heterocycles. The largest absolute Gasteiger partial charge is 0.485 e. The van der Waals surface area contributed by atoms with Crippen LogP contribution in [0.25, 0.3) is 17.1 Å². The molecule has 0 aromatic carbocycles. The van der Waals surface area contributed by atoms with Gasteiger partial charge < -0.3 is 14.6 Å². The van der Waals surface area contributed by atoms with Gasteiger partial charge in [-0.1, -0.05) is 11.6 Å². The Labute approximate surface area is 223 Å². The molecule has 12 heteroatoms. The van der Waals surface area contributed by atoms with Gasteiger partial charge in [-0.2, -0.15) is 0 Å². The molecule has 0 unspecified atom stereocenters. The maximum Gasteiger partial charge on any atom is 0.277 e. The predicted octanol–water partition coefficient (Wildman–Crippen LogP) is 3.90. The molecular formula is C26H22ClF2N5O4. The van der Waals surface area contributed by atoms with Gasteiger partial charge in [0.05, 0.1) is 44.9 Å². The molecule has 0 amide bonds. The van der Waals surface area contributed by atoms with E-state index in [-0.39, 0.29) is 23.9 Å². The fraction of sp³-hybridized carbons (Fsp3) is 0.269. The SMILES string of the molecule is [2H]C([2H])(Oc1cc2n(c(=O)c1Cl)-c1cc(-c3ccnc(C(C)(C)O)n3)ncc1CCOC2)c1ncc(F)cc1F. The highest BCUT2D eigenvalue weighted by Gasteiger charge is 2.23. The molecule has 5 rings (SSSR count). The van der Waals surface area contributed by atoms with Gasteiger partial charge in [-0.25, -0.2) is 18.7 Å². The van der Waals surface area contributed by atoms with Crippen LogP contribution in [0.15, 0.2) is 47.7 Å². The van der Waals surface area contributed by atoms with Crippen molar-refractivity contribution in [1.82, 2.24) is 24.5 Å². The van der Waals surface area contributed by atoms with E-state index in [1.165, 1.54) is 16.8 Å². The molecular weight excluding hydrogens is 520 g/mol. The summed E-state index contributed by atoms with van der Waals surface area (Å²) < 4.78 is 56.3. The summed E-state index contributed by atoms with van der Waals surface area (Å²) in [5.41, 5.74) is -0.661. The molecule has 0 radical (unpaired) electrons. The fourth-order valence-corrected chi connectivity index (χ4v) is 4.00. The first kappa shape index (κ1) is 23.3. The Hall–Kier alpha value is -3.80. The van der Waals surface area contributed by atoms with E-state index < -0.39 is 40.1 Å². The monoisotopic (exact) mass is 543 g/mol. The second kappa shape index (κ2) is 10.2. The third kappa shape index (κ3) is 5.13. The van der Waals surface area contributed by atoms with Crippen molar-refractivity contribution >= 4 is 11.6 Å². The van der Waals surface area contributed by atoms with Crippen LogP contribution in [-0.4, -0.2) is 36.2 Å². The first-order valence-electron chi connectivity index (χ1n) is 12.4. The zero-order valence-corrected chi connectivity index (χ0v) is 21.0. The van der Waals surface area contributed by atoms with Gasteiger partial charge in [-0.3, -0.25) is 19.3 Å². The van der Waals surface area contributed by atoms with Crippen LogP contribution < -0.4 is 10.3 Å². The van der Waals surface area contributed by atoms with Crippen LogP contribution in [0.2, 0.25) is 5.02 Å². The Morgan fingerprint density at radius 1 is 1.21 bits per heavy atom. The highest BCUT2D eigenvalue weighted by molar-refractivity contribution is 6.31. The second-order valence-corrected chi connectivity index (χ2v) is 9.35. The Bertz CT molecular complexity index is 1680. The summed E-state index contributed by atoms with van der Waals surface area (Å²) in [6.07, 6.45) is 4.16. The summed E-state index contributed by atoms with van der Waals surface area (Å²) >= 11 is 6.37. The zero-order chi connectivity index (χ0) is 28.8. The van der Waals surface area contributed by atoms with E-state index in [4.69, 9.17) is 23.8 Å². The molecule has 0 spiro atoms. The lowest BCUT2D eigenvalue weighted by Crippen LogP contribution is -2.26. The maximum absolute atomic E-state index is 14.3. The third-order valence-electron chi connectivity index (χ3n) is 5.69. The minimum Gasteiger partial charge on any atom is -0.485 e. The number of fused-ring (bicyclic) bond motifs is 3. The van der Waals surface area contributed by atoms with E-state index in [1.54, 1.807) is 32.2 Å². The Balaban J connectivity index is 1.61. The van der Waals surface area contributed by atoms with Gasteiger partial charge in [0, 0.05) is 24.5 Å².